The highest BCUT2D eigenvalue weighted by atomic mass is 35.5. The zero-order chi connectivity index (χ0) is 37.3. The number of aliphatic hydroxyl groups is 5. The number of nitrogens with zero attached hydrogens (tertiary/aromatic N) is 2. The van der Waals surface area contributed by atoms with Gasteiger partial charge in [0, 0.05) is 56.2 Å². The third-order valence-electron chi connectivity index (χ3n) is 10.6. The van der Waals surface area contributed by atoms with Gasteiger partial charge in [0.05, 0.1) is 12.7 Å². The lowest BCUT2D eigenvalue weighted by Crippen LogP contribution is -2.50. The zero-order valence-electron chi connectivity index (χ0n) is 30.4. The second-order valence-electron chi connectivity index (χ2n) is 14.6. The Kier molecular flexibility index (Phi) is 14.5. The van der Waals surface area contributed by atoms with Crippen molar-refractivity contribution in [1.82, 2.24) is 9.88 Å². The lowest BCUT2D eigenvalue weighted by Gasteiger charge is -2.30. The second-order valence-corrected chi connectivity index (χ2v) is 15.1. The summed E-state index contributed by atoms with van der Waals surface area (Å²) in [5.41, 5.74) is 5.89. The standard InChI is InChI=1S/C41H55ClN2O8/c1-27(7-5-10-38(48)44(21-6-22-51-2)25-35(46)39(49)40(50)36(47)26-45)28-11-14-34(42)29(23-28)15-17-41(18-19-41)33-24-43-20-16-31(33)32-8-3-4-9-37(32)52-30-12-13-30/h3-4,8-9,11,14,16,20,23-24,27,30,35-36,39-40,45-47,49-50H,5-7,10,12-13,15,17-19,21-22,25-26H2,1-2H3/t27?,35-,36+,39+,40+/m0/s1. The molecule has 1 heterocycles. The molecule has 5 N–H and O–H groups in total. The average molecular weight is 739 g/mol. The molecule has 2 aliphatic carbocycles. The van der Waals surface area contributed by atoms with Gasteiger partial charge < -0.3 is 39.9 Å². The third-order valence-corrected chi connectivity index (χ3v) is 11.0. The molecule has 0 spiro atoms. The molecule has 10 nitrogen and oxygen atoms in total. The molecule has 2 saturated carbocycles. The molecule has 1 amide bonds. The van der Waals surface area contributed by atoms with Crippen LogP contribution in [0.3, 0.4) is 0 Å². The van der Waals surface area contributed by atoms with Crippen LogP contribution in [0.25, 0.3) is 11.1 Å². The fourth-order valence-corrected chi connectivity index (χ4v) is 7.19. The number of aliphatic hydroxyl groups excluding tert-OH is 5. The van der Waals surface area contributed by atoms with Crippen molar-refractivity contribution in [2.45, 2.75) is 113 Å². The number of methoxy groups -OCH3 is 1. The van der Waals surface area contributed by atoms with Crippen LogP contribution in [0.2, 0.25) is 5.02 Å². The predicted molar refractivity (Wildman–Crippen MR) is 200 cm³/mol. The molecule has 5 atom stereocenters. The Balaban J connectivity index is 1.18. The molecule has 0 saturated heterocycles. The summed E-state index contributed by atoms with van der Waals surface area (Å²) < 4.78 is 11.4. The molecule has 1 unspecified atom stereocenters. The fourth-order valence-electron chi connectivity index (χ4n) is 6.98. The Hall–Kier alpha value is -3.09. The number of para-hydroxylation sites is 1. The van der Waals surface area contributed by atoms with E-state index < -0.39 is 31.0 Å². The van der Waals surface area contributed by atoms with Crippen LogP contribution in [0, 0.1) is 0 Å². The van der Waals surface area contributed by atoms with E-state index in [9.17, 15) is 25.2 Å². The van der Waals surface area contributed by atoms with Gasteiger partial charge in [0.2, 0.25) is 5.91 Å². The monoisotopic (exact) mass is 738 g/mol. The van der Waals surface area contributed by atoms with Crippen LogP contribution in [0.1, 0.15) is 87.3 Å². The van der Waals surface area contributed by atoms with Gasteiger partial charge in [-0.2, -0.15) is 0 Å². The van der Waals surface area contributed by atoms with E-state index in [-0.39, 0.29) is 30.2 Å². The van der Waals surface area contributed by atoms with Crippen LogP contribution in [-0.4, -0.2) is 105 Å². The van der Waals surface area contributed by atoms with Crippen molar-refractivity contribution in [3.05, 3.63) is 82.6 Å². The van der Waals surface area contributed by atoms with Crippen LogP contribution in [0.4, 0.5) is 0 Å². The number of pyridine rings is 1. The van der Waals surface area contributed by atoms with Crippen molar-refractivity contribution in [3.63, 3.8) is 0 Å². The highest BCUT2D eigenvalue weighted by Crippen LogP contribution is 2.55. The number of carbonyl (C=O) groups is 1. The molecule has 52 heavy (non-hydrogen) atoms. The first-order valence-electron chi connectivity index (χ1n) is 18.7. The summed E-state index contributed by atoms with van der Waals surface area (Å²) in [6, 6.07) is 16.7. The summed E-state index contributed by atoms with van der Waals surface area (Å²) in [6.45, 7) is 1.87. The van der Waals surface area contributed by atoms with Gasteiger partial charge in [-0.25, -0.2) is 0 Å². The van der Waals surface area contributed by atoms with Crippen molar-refractivity contribution >= 4 is 17.5 Å². The summed E-state index contributed by atoms with van der Waals surface area (Å²) >= 11 is 6.77. The number of rotatable bonds is 22. The van der Waals surface area contributed by atoms with Crippen molar-refractivity contribution in [3.8, 4) is 16.9 Å². The normalized spacial score (nSPS) is 17.9. The van der Waals surface area contributed by atoms with Gasteiger partial charge in [-0.1, -0.05) is 48.9 Å². The Bertz CT molecular complexity index is 1600. The van der Waals surface area contributed by atoms with Crippen LogP contribution in [-0.2, 0) is 21.4 Å². The quantitative estimate of drug-likeness (QED) is 0.0878. The number of ether oxygens (including phenoxy) is 2. The minimum absolute atomic E-state index is 0.0388. The van der Waals surface area contributed by atoms with E-state index in [4.69, 9.17) is 26.2 Å². The lowest BCUT2D eigenvalue weighted by molar-refractivity contribution is -0.140. The van der Waals surface area contributed by atoms with E-state index in [1.807, 2.05) is 24.5 Å². The minimum atomic E-state index is -1.75. The lowest BCUT2D eigenvalue weighted by atomic mass is 9.84. The van der Waals surface area contributed by atoms with Crippen molar-refractivity contribution in [1.29, 1.82) is 0 Å². The molecule has 0 bridgehead atoms. The maximum absolute atomic E-state index is 13.3. The molecule has 284 valence electrons. The van der Waals surface area contributed by atoms with Gasteiger partial charge in [-0.05, 0) is 110 Å². The molecule has 2 aliphatic rings. The Morgan fingerprint density at radius 2 is 1.77 bits per heavy atom. The fraction of sp³-hybridized carbons (Fsp3) is 0.561. The number of hydrogen-bond acceptors (Lipinski definition) is 9. The first kappa shape index (κ1) is 40.1. The minimum Gasteiger partial charge on any atom is -0.490 e. The molecule has 0 aliphatic heterocycles. The SMILES string of the molecule is COCCCN(C[C@H](O)[C@@H](O)[C@H](O)[C@H](O)CO)C(=O)CCCC(C)c1ccc(Cl)c(CCC2(c3cnccc3-c3ccccc3OC3CC3)CC2)c1. The van der Waals surface area contributed by atoms with E-state index in [2.05, 4.69) is 48.3 Å². The van der Waals surface area contributed by atoms with Gasteiger partial charge in [-0.3, -0.25) is 9.78 Å². The summed E-state index contributed by atoms with van der Waals surface area (Å²) in [7, 11) is 1.56. The molecule has 11 heteroatoms. The highest BCUT2D eigenvalue weighted by Gasteiger charge is 2.45. The topological polar surface area (TPSA) is 153 Å². The molecule has 5 rings (SSSR count). The van der Waals surface area contributed by atoms with Crippen LogP contribution >= 0.6 is 11.6 Å². The molecule has 2 fully saturated rings. The third kappa shape index (κ3) is 10.5. The van der Waals surface area contributed by atoms with Gasteiger partial charge >= 0.3 is 0 Å². The van der Waals surface area contributed by atoms with E-state index in [1.54, 1.807) is 7.11 Å². The van der Waals surface area contributed by atoms with E-state index in [0.717, 1.165) is 72.4 Å². The zero-order valence-corrected chi connectivity index (χ0v) is 31.1. The van der Waals surface area contributed by atoms with Crippen LogP contribution in [0.5, 0.6) is 5.75 Å². The van der Waals surface area contributed by atoms with E-state index in [1.165, 1.54) is 16.0 Å². The first-order valence-corrected chi connectivity index (χ1v) is 19.0. The predicted octanol–water partition coefficient (Wildman–Crippen LogP) is 5.18. The van der Waals surface area contributed by atoms with Crippen LogP contribution < -0.4 is 4.74 Å². The van der Waals surface area contributed by atoms with Gasteiger partial charge in [0.1, 0.15) is 30.2 Å². The van der Waals surface area contributed by atoms with E-state index in [0.29, 0.717) is 32.1 Å². The van der Waals surface area contributed by atoms with Crippen molar-refractivity contribution in [2.24, 2.45) is 0 Å². The number of carbonyl (C=O) groups excluding carboxylic acids is 1. The maximum atomic E-state index is 13.3. The van der Waals surface area contributed by atoms with Crippen molar-refractivity contribution in [2.75, 3.05) is 33.4 Å². The number of amides is 1. The smallest absolute Gasteiger partial charge is 0.222 e. The summed E-state index contributed by atoms with van der Waals surface area (Å²) in [4.78, 5) is 19.3. The number of aromatic nitrogens is 1. The van der Waals surface area contributed by atoms with Gasteiger partial charge in [-0.15, -0.1) is 0 Å². The first-order chi connectivity index (χ1) is 25.1. The Morgan fingerprint density at radius 1 is 1.02 bits per heavy atom. The molecular weight excluding hydrogens is 684 g/mol. The van der Waals surface area contributed by atoms with Gasteiger partial charge in [0.25, 0.3) is 0 Å². The molecule has 2 aromatic carbocycles. The van der Waals surface area contributed by atoms with Crippen LogP contribution in [0.15, 0.2) is 60.9 Å². The maximum Gasteiger partial charge on any atom is 0.222 e. The van der Waals surface area contributed by atoms with Gasteiger partial charge in [0.15, 0.2) is 0 Å². The Labute approximate surface area is 312 Å². The summed E-state index contributed by atoms with van der Waals surface area (Å²) in [6.07, 6.45) is 5.96. The number of hydrogen-bond donors (Lipinski definition) is 5. The van der Waals surface area contributed by atoms with E-state index >= 15 is 0 Å². The molecule has 0 radical (unpaired) electrons. The number of halogens is 1. The Morgan fingerprint density at radius 3 is 2.48 bits per heavy atom. The number of benzene rings is 2. The molecule has 1 aromatic heterocycles. The molecular formula is C41H55ClN2O8. The molecule has 3 aromatic rings. The van der Waals surface area contributed by atoms with Crippen molar-refractivity contribution < 1.29 is 39.8 Å². The second kappa shape index (κ2) is 18.8. The average Bonchev–Trinajstić information content (AvgIpc) is 4.11. The number of aryl methyl sites for hydroxylation is 1. The largest absolute Gasteiger partial charge is 0.490 e. The summed E-state index contributed by atoms with van der Waals surface area (Å²) in [5, 5.41) is 50.4. The summed E-state index contributed by atoms with van der Waals surface area (Å²) in [5.74, 6) is 0.926. The highest BCUT2D eigenvalue weighted by molar-refractivity contribution is 6.31.